The molecule has 16 heavy (non-hydrogen) atoms. The average Bonchev–Trinajstić information content (AvgIpc) is 2.36. The fourth-order valence-electron chi connectivity index (χ4n) is 2.12. The van der Waals surface area contributed by atoms with Gasteiger partial charge < -0.3 is 0 Å². The molecule has 1 aliphatic rings. The summed E-state index contributed by atoms with van der Waals surface area (Å²) in [5.74, 6) is 0. The Bertz CT molecular complexity index is 476. The summed E-state index contributed by atoms with van der Waals surface area (Å²) >= 11 is -0.230. The fraction of sp³-hybridized carbons (Fsp3) is 0.143. The van der Waals surface area contributed by atoms with Gasteiger partial charge in [0.1, 0.15) is 0 Å². The van der Waals surface area contributed by atoms with Gasteiger partial charge in [-0.05, 0) is 0 Å². The molecule has 0 saturated carbocycles. The molecule has 0 saturated heterocycles. The van der Waals surface area contributed by atoms with E-state index in [2.05, 4.69) is 48.5 Å². The number of methoxy groups -OCH3 is 1. The average molecular weight is 324 g/mol. The van der Waals surface area contributed by atoms with Gasteiger partial charge in [-0.15, -0.1) is 0 Å². The Hall–Kier alpha value is -0.810. The zero-order valence-electron chi connectivity index (χ0n) is 9.01. The number of rotatable bonds is 1. The molecule has 0 aromatic heterocycles. The zero-order valence-corrected chi connectivity index (χ0v) is 11.3. The first-order valence-corrected chi connectivity index (χ1v) is 7.61. The molecule has 0 radical (unpaired) electrons. The summed E-state index contributed by atoms with van der Waals surface area (Å²) in [5, 5.41) is 0. The van der Waals surface area contributed by atoms with Crippen LogP contribution in [-0.2, 0) is 4.74 Å². The van der Waals surface area contributed by atoms with Crippen molar-refractivity contribution in [2.75, 3.05) is 7.11 Å². The second-order valence-corrected chi connectivity index (χ2v) is 6.89. The van der Waals surface area contributed by atoms with Crippen LogP contribution in [0.5, 0.6) is 0 Å². The van der Waals surface area contributed by atoms with Crippen molar-refractivity contribution in [2.45, 2.75) is 6.10 Å². The topological polar surface area (TPSA) is 9.23 Å². The number of ether oxygens (including phenoxy) is 1. The summed E-state index contributed by atoms with van der Waals surface area (Å²) in [4.78, 5) is 0. The van der Waals surface area contributed by atoms with Gasteiger partial charge in [0.15, 0.2) is 0 Å². The summed E-state index contributed by atoms with van der Waals surface area (Å²) in [5.41, 5.74) is 2.73. The summed E-state index contributed by atoms with van der Waals surface area (Å²) in [6.45, 7) is 0. The van der Waals surface area contributed by atoms with Crippen LogP contribution < -0.4 is 7.22 Å². The van der Waals surface area contributed by atoms with Crippen LogP contribution in [0.2, 0.25) is 0 Å². The maximum absolute atomic E-state index is 5.66. The van der Waals surface area contributed by atoms with E-state index in [4.69, 9.17) is 4.74 Å². The van der Waals surface area contributed by atoms with Crippen LogP contribution in [0.4, 0.5) is 0 Å². The monoisotopic (exact) mass is 326 g/mol. The standard InChI is InChI=1S/C14H12OTe/c1-15-14-10-6-2-4-8-12(10)16-13-9-5-3-7-11(13)14/h2-9,14H,1H3. The quantitative estimate of drug-likeness (QED) is 0.721. The van der Waals surface area contributed by atoms with Crippen molar-refractivity contribution in [3.63, 3.8) is 0 Å². The minimum absolute atomic E-state index is 0.131. The Balaban J connectivity index is 2.19. The van der Waals surface area contributed by atoms with E-state index in [1.807, 2.05) is 0 Å². The fourth-order valence-corrected chi connectivity index (χ4v) is 5.31. The van der Waals surface area contributed by atoms with Crippen LogP contribution in [0.25, 0.3) is 0 Å². The van der Waals surface area contributed by atoms with Crippen LogP contribution in [-0.4, -0.2) is 28.0 Å². The molecular formula is C14H12OTe. The second-order valence-electron chi connectivity index (χ2n) is 3.79. The summed E-state index contributed by atoms with van der Waals surface area (Å²) in [6, 6.07) is 17.4. The normalized spacial score (nSPS) is 14.3. The van der Waals surface area contributed by atoms with E-state index in [1.54, 1.807) is 7.11 Å². The molecule has 2 heteroatoms. The zero-order chi connectivity index (χ0) is 11.0. The first kappa shape index (κ1) is 10.4. The number of benzene rings is 2. The molecule has 2 aromatic carbocycles. The van der Waals surface area contributed by atoms with Crippen LogP contribution in [0, 0.1) is 0 Å². The predicted molar refractivity (Wildman–Crippen MR) is 66.8 cm³/mol. The third-order valence-corrected chi connectivity index (χ3v) is 6.24. The molecule has 0 fully saturated rings. The molecule has 1 aliphatic heterocycles. The SMILES string of the molecule is COC1c2ccccc2[Te]c2ccccc21. The van der Waals surface area contributed by atoms with Gasteiger partial charge in [-0.25, -0.2) is 0 Å². The molecule has 0 aliphatic carbocycles. The minimum atomic E-state index is -0.230. The van der Waals surface area contributed by atoms with E-state index in [1.165, 1.54) is 18.3 Å². The summed E-state index contributed by atoms with van der Waals surface area (Å²) < 4.78 is 8.69. The Morgan fingerprint density at radius 2 is 1.38 bits per heavy atom. The van der Waals surface area contributed by atoms with Gasteiger partial charge in [0.05, 0.1) is 0 Å². The molecule has 0 spiro atoms. The number of hydrogen-bond acceptors (Lipinski definition) is 1. The Labute approximate surface area is 106 Å². The predicted octanol–water partition coefficient (Wildman–Crippen LogP) is 1.39. The molecular weight excluding hydrogens is 312 g/mol. The summed E-state index contributed by atoms with van der Waals surface area (Å²) in [6.07, 6.45) is 0.131. The van der Waals surface area contributed by atoms with E-state index < -0.39 is 0 Å². The molecule has 0 N–H and O–H groups in total. The van der Waals surface area contributed by atoms with Crippen LogP contribution >= 0.6 is 0 Å². The molecule has 0 bridgehead atoms. The van der Waals surface area contributed by atoms with Crippen molar-refractivity contribution in [1.29, 1.82) is 0 Å². The third kappa shape index (κ3) is 1.58. The van der Waals surface area contributed by atoms with Gasteiger partial charge in [0, 0.05) is 0 Å². The van der Waals surface area contributed by atoms with Crippen molar-refractivity contribution in [1.82, 2.24) is 0 Å². The van der Waals surface area contributed by atoms with E-state index in [0.29, 0.717) is 0 Å². The van der Waals surface area contributed by atoms with Crippen molar-refractivity contribution >= 4 is 28.1 Å². The van der Waals surface area contributed by atoms with Crippen LogP contribution in [0.15, 0.2) is 48.5 Å². The van der Waals surface area contributed by atoms with E-state index in [0.717, 1.165) is 0 Å². The van der Waals surface area contributed by atoms with Crippen LogP contribution in [0.1, 0.15) is 17.2 Å². The van der Waals surface area contributed by atoms with Crippen LogP contribution in [0.3, 0.4) is 0 Å². The summed E-state index contributed by atoms with van der Waals surface area (Å²) in [7, 11) is 1.80. The number of fused-ring (bicyclic) bond motifs is 2. The molecule has 2 aromatic rings. The van der Waals surface area contributed by atoms with Gasteiger partial charge >= 0.3 is 106 Å². The first-order chi connectivity index (χ1) is 7.90. The van der Waals surface area contributed by atoms with Crippen molar-refractivity contribution in [3.05, 3.63) is 59.7 Å². The molecule has 0 unspecified atom stereocenters. The molecule has 3 rings (SSSR count). The molecule has 0 atom stereocenters. The second kappa shape index (κ2) is 4.22. The first-order valence-electron chi connectivity index (χ1n) is 5.28. The van der Waals surface area contributed by atoms with E-state index in [9.17, 15) is 0 Å². The molecule has 1 nitrogen and oxygen atoms in total. The van der Waals surface area contributed by atoms with E-state index >= 15 is 0 Å². The maximum atomic E-state index is 5.66. The van der Waals surface area contributed by atoms with Gasteiger partial charge in [-0.3, -0.25) is 0 Å². The Kier molecular flexibility index (Phi) is 2.73. The van der Waals surface area contributed by atoms with Gasteiger partial charge in [-0.2, -0.15) is 0 Å². The van der Waals surface area contributed by atoms with Gasteiger partial charge in [-0.1, -0.05) is 0 Å². The van der Waals surface area contributed by atoms with E-state index in [-0.39, 0.29) is 27.0 Å². The van der Waals surface area contributed by atoms with Crippen molar-refractivity contribution in [3.8, 4) is 0 Å². The Morgan fingerprint density at radius 3 is 1.88 bits per heavy atom. The third-order valence-electron chi connectivity index (χ3n) is 2.86. The Morgan fingerprint density at radius 1 is 0.875 bits per heavy atom. The van der Waals surface area contributed by atoms with Crippen molar-refractivity contribution in [2.24, 2.45) is 0 Å². The van der Waals surface area contributed by atoms with Gasteiger partial charge in [0.2, 0.25) is 0 Å². The van der Waals surface area contributed by atoms with Gasteiger partial charge in [0.25, 0.3) is 0 Å². The molecule has 80 valence electrons. The molecule has 0 amide bonds. The van der Waals surface area contributed by atoms with Crippen molar-refractivity contribution < 1.29 is 4.74 Å². The molecule has 1 heterocycles. The number of hydrogen-bond donors (Lipinski definition) is 0.